The third kappa shape index (κ3) is 3.66. The van der Waals surface area contributed by atoms with Crippen LogP contribution in [0.15, 0.2) is 30.6 Å². The quantitative estimate of drug-likeness (QED) is 0.749. The van der Waals surface area contributed by atoms with E-state index in [0.29, 0.717) is 0 Å². The number of carbonyl (C=O) groups excluding carboxylic acids is 1. The molecule has 0 aromatic carbocycles. The molecule has 7 nitrogen and oxygen atoms in total. The van der Waals surface area contributed by atoms with Crippen LogP contribution in [0.25, 0.3) is 5.52 Å². The van der Waals surface area contributed by atoms with Gasteiger partial charge in [0.15, 0.2) is 0 Å². The van der Waals surface area contributed by atoms with E-state index in [4.69, 9.17) is 11.6 Å². The van der Waals surface area contributed by atoms with E-state index in [-0.39, 0.29) is 17.1 Å². The molecule has 3 heterocycles. The first-order valence-electron chi connectivity index (χ1n) is 7.14. The summed E-state index contributed by atoms with van der Waals surface area (Å²) in [5.74, 6) is -0.890. The van der Waals surface area contributed by atoms with Gasteiger partial charge in [0.05, 0.1) is 16.8 Å². The fourth-order valence-corrected chi connectivity index (χ4v) is 2.47. The van der Waals surface area contributed by atoms with Crippen molar-refractivity contribution in [1.82, 2.24) is 25.1 Å². The number of aromatic nitrogens is 4. The molecule has 0 aliphatic heterocycles. The summed E-state index contributed by atoms with van der Waals surface area (Å²) in [4.78, 5) is 15.9. The molecule has 0 atom stereocenters. The van der Waals surface area contributed by atoms with Gasteiger partial charge in [-0.05, 0) is 25.1 Å². The first-order chi connectivity index (χ1) is 12.0. The number of nitrogens with zero attached hydrogens (tertiary/aromatic N) is 4. The highest BCUT2D eigenvalue weighted by molar-refractivity contribution is 6.32. The molecule has 0 fully saturated rings. The number of nitrogens with one attached hydrogen (secondary N) is 1. The maximum atomic E-state index is 12.2. The van der Waals surface area contributed by atoms with Gasteiger partial charge in [0, 0.05) is 24.5 Å². The second-order valence-electron chi connectivity index (χ2n) is 5.03. The molecule has 3 aromatic rings. The molecule has 3 rings (SSSR count). The van der Waals surface area contributed by atoms with E-state index in [0.717, 1.165) is 23.0 Å². The van der Waals surface area contributed by atoms with Crippen molar-refractivity contribution < 1.29 is 18.3 Å². The van der Waals surface area contributed by atoms with Gasteiger partial charge in [0.25, 0.3) is 5.91 Å². The van der Waals surface area contributed by atoms with Crippen LogP contribution in [0.1, 0.15) is 21.6 Å². The molecule has 0 saturated heterocycles. The fourth-order valence-electron chi connectivity index (χ4n) is 2.26. The van der Waals surface area contributed by atoms with E-state index < -0.39 is 18.4 Å². The van der Waals surface area contributed by atoms with Gasteiger partial charge in [-0.2, -0.15) is 23.6 Å². The zero-order valence-corrected chi connectivity index (χ0v) is 13.7. The van der Waals surface area contributed by atoms with Gasteiger partial charge in [0.1, 0.15) is 5.02 Å². The number of carbonyl (C=O) groups is 1. The highest BCUT2D eigenvalue weighted by atomic mass is 35.5. The third-order valence-electron chi connectivity index (χ3n) is 3.42. The van der Waals surface area contributed by atoms with Gasteiger partial charge >= 0.3 is 6.61 Å². The summed E-state index contributed by atoms with van der Waals surface area (Å²) in [5.41, 5.74) is 2.45. The Balaban J connectivity index is 1.74. The number of halogens is 3. The molecule has 1 amide bonds. The maximum absolute atomic E-state index is 12.2. The van der Waals surface area contributed by atoms with Crippen molar-refractivity contribution in [3.8, 4) is 5.88 Å². The van der Waals surface area contributed by atoms with Crippen molar-refractivity contribution in [2.45, 2.75) is 20.1 Å². The van der Waals surface area contributed by atoms with Crippen LogP contribution in [0.5, 0.6) is 5.88 Å². The first-order valence-corrected chi connectivity index (χ1v) is 7.51. The minimum absolute atomic E-state index is 0.124. The molecule has 25 heavy (non-hydrogen) atoms. The number of fused-ring (bicyclic) bond motifs is 1. The lowest BCUT2D eigenvalue weighted by Crippen LogP contribution is -2.23. The summed E-state index contributed by atoms with van der Waals surface area (Å²) in [5, 5.41) is 10.9. The molecule has 0 spiro atoms. The molecular weight excluding hydrogens is 356 g/mol. The number of hydrogen-bond donors (Lipinski definition) is 1. The van der Waals surface area contributed by atoms with E-state index in [2.05, 4.69) is 25.2 Å². The molecule has 3 aromatic heterocycles. The Morgan fingerprint density at radius 3 is 3.00 bits per heavy atom. The summed E-state index contributed by atoms with van der Waals surface area (Å²) in [7, 11) is 0. The molecule has 0 radical (unpaired) electrons. The predicted molar refractivity (Wildman–Crippen MR) is 84.8 cm³/mol. The van der Waals surface area contributed by atoms with Crippen molar-refractivity contribution in [3.63, 3.8) is 0 Å². The van der Waals surface area contributed by atoms with Crippen LogP contribution >= 0.6 is 11.6 Å². The summed E-state index contributed by atoms with van der Waals surface area (Å²) in [6, 6.07) is 4.82. The second-order valence-corrected chi connectivity index (χ2v) is 5.44. The normalized spacial score (nSPS) is 11.1. The molecule has 130 valence electrons. The van der Waals surface area contributed by atoms with Crippen LogP contribution < -0.4 is 10.1 Å². The van der Waals surface area contributed by atoms with Crippen molar-refractivity contribution in [2.24, 2.45) is 0 Å². The van der Waals surface area contributed by atoms with E-state index in [1.54, 1.807) is 12.3 Å². The fraction of sp³-hybridized carbons (Fsp3) is 0.200. The average Bonchev–Trinajstić information content (AvgIpc) is 2.89. The topological polar surface area (TPSA) is 81.4 Å². The molecule has 1 N–H and O–H groups in total. The van der Waals surface area contributed by atoms with Crippen LogP contribution in [0.2, 0.25) is 5.02 Å². The molecule has 0 aliphatic rings. The monoisotopic (exact) mass is 367 g/mol. The minimum atomic E-state index is -3.04. The van der Waals surface area contributed by atoms with Crippen LogP contribution in [-0.2, 0) is 6.54 Å². The maximum Gasteiger partial charge on any atom is 0.388 e. The van der Waals surface area contributed by atoms with Gasteiger partial charge in [-0.1, -0.05) is 11.6 Å². The average molecular weight is 368 g/mol. The molecule has 10 heteroatoms. The second kappa shape index (κ2) is 6.98. The smallest absolute Gasteiger partial charge is 0.388 e. The van der Waals surface area contributed by atoms with E-state index in [1.807, 2.05) is 13.0 Å². The molecular formula is C15H12ClF2N5O2. The van der Waals surface area contributed by atoms with E-state index in [1.165, 1.54) is 10.7 Å². The van der Waals surface area contributed by atoms with E-state index in [9.17, 15) is 13.6 Å². The lowest BCUT2D eigenvalue weighted by molar-refractivity contribution is -0.0527. The molecule has 0 unspecified atom stereocenters. The first kappa shape index (κ1) is 17.0. The van der Waals surface area contributed by atoms with Gasteiger partial charge < -0.3 is 10.1 Å². The standard InChI is InChI=1S/C15H12ClF2N5O2/c1-8-10(12-3-2-4-21-23(12)22-8)7-19-13(24)9-5-11(16)14(20-6-9)25-15(17)18/h2-6,15H,7H2,1H3,(H,19,24). The Kier molecular flexibility index (Phi) is 4.75. The molecule has 0 bridgehead atoms. The number of pyridine rings is 1. The number of alkyl halides is 2. The summed E-state index contributed by atoms with van der Waals surface area (Å²) in [6.07, 6.45) is 2.72. The number of hydrogen-bond acceptors (Lipinski definition) is 5. The summed E-state index contributed by atoms with van der Waals surface area (Å²) in [6.45, 7) is -1.02. The van der Waals surface area contributed by atoms with Gasteiger partial charge in [-0.3, -0.25) is 4.79 Å². The number of aryl methyl sites for hydroxylation is 1. The SMILES string of the molecule is Cc1nn2ncccc2c1CNC(=O)c1cnc(OC(F)F)c(Cl)c1. The van der Waals surface area contributed by atoms with E-state index >= 15 is 0 Å². The summed E-state index contributed by atoms with van der Waals surface area (Å²) >= 11 is 5.80. The summed E-state index contributed by atoms with van der Waals surface area (Å²) < 4.78 is 30.0. The van der Waals surface area contributed by atoms with Crippen molar-refractivity contribution in [2.75, 3.05) is 0 Å². The van der Waals surface area contributed by atoms with Gasteiger partial charge in [-0.25, -0.2) is 4.98 Å². The van der Waals surface area contributed by atoms with Crippen molar-refractivity contribution >= 4 is 23.0 Å². The predicted octanol–water partition coefficient (Wildman–Crippen LogP) is 2.62. The highest BCUT2D eigenvalue weighted by Gasteiger charge is 2.15. The molecule has 0 aliphatic carbocycles. The Morgan fingerprint density at radius 2 is 2.28 bits per heavy atom. The number of amides is 1. The Bertz CT molecular complexity index is 931. The lowest BCUT2D eigenvalue weighted by Gasteiger charge is -2.08. The van der Waals surface area contributed by atoms with Crippen molar-refractivity contribution in [3.05, 3.63) is 52.4 Å². The van der Waals surface area contributed by atoms with Crippen LogP contribution in [-0.4, -0.2) is 32.3 Å². The minimum Gasteiger partial charge on any atom is -0.415 e. The lowest BCUT2D eigenvalue weighted by atomic mass is 10.2. The third-order valence-corrected chi connectivity index (χ3v) is 3.69. The zero-order valence-electron chi connectivity index (χ0n) is 12.9. The largest absolute Gasteiger partial charge is 0.415 e. The number of rotatable bonds is 5. The van der Waals surface area contributed by atoms with Crippen LogP contribution in [0.3, 0.4) is 0 Å². The van der Waals surface area contributed by atoms with Gasteiger partial charge in [0.2, 0.25) is 5.88 Å². The Labute approximate surface area is 145 Å². The highest BCUT2D eigenvalue weighted by Crippen LogP contribution is 2.24. The van der Waals surface area contributed by atoms with Gasteiger partial charge in [-0.15, -0.1) is 0 Å². The van der Waals surface area contributed by atoms with Crippen LogP contribution in [0, 0.1) is 6.92 Å². The number of ether oxygens (including phenoxy) is 1. The zero-order chi connectivity index (χ0) is 18.0. The Morgan fingerprint density at radius 1 is 1.48 bits per heavy atom. The Hall–Kier alpha value is -2.81. The van der Waals surface area contributed by atoms with Crippen molar-refractivity contribution in [1.29, 1.82) is 0 Å². The van der Waals surface area contributed by atoms with Crippen LogP contribution in [0.4, 0.5) is 8.78 Å². The molecule has 0 saturated carbocycles.